The lowest BCUT2D eigenvalue weighted by atomic mass is 9.97. The normalized spacial score (nSPS) is 21.5. The third-order valence-corrected chi connectivity index (χ3v) is 4.60. The zero-order valence-corrected chi connectivity index (χ0v) is 14.1. The van der Waals surface area contributed by atoms with Crippen molar-refractivity contribution in [3.63, 3.8) is 0 Å². The summed E-state index contributed by atoms with van der Waals surface area (Å²) in [5.74, 6) is -1.43. The largest absolute Gasteiger partial charge is 0.331 e. The summed E-state index contributed by atoms with van der Waals surface area (Å²) in [6.45, 7) is 0.163. The highest BCUT2D eigenvalue weighted by Gasteiger charge is 2.47. The molecule has 0 spiro atoms. The summed E-state index contributed by atoms with van der Waals surface area (Å²) in [7, 11) is 0. The summed E-state index contributed by atoms with van der Waals surface area (Å²) >= 11 is 0. The summed E-state index contributed by atoms with van der Waals surface area (Å²) in [6, 6.07) is 6.93. The molecule has 0 bridgehead atoms. The Hall–Kier alpha value is -3.55. The second-order valence-corrected chi connectivity index (χ2v) is 6.46. The summed E-state index contributed by atoms with van der Waals surface area (Å²) in [5, 5.41) is 4.81. The quantitative estimate of drug-likeness (QED) is 0.802. The summed E-state index contributed by atoms with van der Waals surface area (Å²) in [5.41, 5.74) is 0.274. The van der Waals surface area contributed by atoms with E-state index in [2.05, 4.69) is 15.6 Å². The van der Waals surface area contributed by atoms with E-state index in [0.29, 0.717) is 5.56 Å². The number of urea groups is 1. The van der Waals surface area contributed by atoms with Crippen LogP contribution in [0, 0.1) is 5.82 Å². The second-order valence-electron chi connectivity index (χ2n) is 6.46. The smallest absolute Gasteiger partial charge is 0.322 e. The molecule has 2 N–H and O–H groups in total. The number of imide groups is 1. The van der Waals surface area contributed by atoms with Gasteiger partial charge >= 0.3 is 6.03 Å². The lowest BCUT2D eigenvalue weighted by Crippen LogP contribution is -2.53. The van der Waals surface area contributed by atoms with Crippen molar-refractivity contribution in [3.05, 3.63) is 71.3 Å². The van der Waals surface area contributed by atoms with E-state index in [-0.39, 0.29) is 24.6 Å². The van der Waals surface area contributed by atoms with Crippen molar-refractivity contribution in [1.82, 2.24) is 20.5 Å². The van der Waals surface area contributed by atoms with Crippen LogP contribution in [0.2, 0.25) is 0 Å². The molecule has 2 aromatic rings. The van der Waals surface area contributed by atoms with Crippen molar-refractivity contribution in [2.75, 3.05) is 6.54 Å². The standard InChI is InChI=1S/C19H15FN4O3/c20-14-4-3-13-10-24(16(25)15(13)8-14)11-19(17(26)22-18(27)23-19)6-5-12-2-1-7-21-9-12/h1-9H,10-11H2,(H2,22,23,26,27)/b6-5-. The van der Waals surface area contributed by atoms with Crippen molar-refractivity contribution in [2.45, 2.75) is 12.1 Å². The van der Waals surface area contributed by atoms with E-state index in [9.17, 15) is 18.8 Å². The Labute approximate surface area is 153 Å². The van der Waals surface area contributed by atoms with E-state index in [1.807, 2.05) is 0 Å². The molecular weight excluding hydrogens is 351 g/mol. The number of halogens is 1. The van der Waals surface area contributed by atoms with Crippen molar-refractivity contribution in [3.8, 4) is 0 Å². The maximum Gasteiger partial charge on any atom is 0.322 e. The third kappa shape index (κ3) is 3.05. The fraction of sp³-hybridized carbons (Fsp3) is 0.158. The van der Waals surface area contributed by atoms with Crippen molar-refractivity contribution in [1.29, 1.82) is 0 Å². The molecule has 27 heavy (non-hydrogen) atoms. The van der Waals surface area contributed by atoms with Crippen LogP contribution in [0.5, 0.6) is 0 Å². The van der Waals surface area contributed by atoms with Gasteiger partial charge in [0.1, 0.15) is 5.82 Å². The molecule has 2 aliphatic rings. The van der Waals surface area contributed by atoms with Crippen molar-refractivity contribution >= 4 is 23.9 Å². The number of nitrogens with one attached hydrogen (secondary N) is 2. The number of amides is 4. The number of aromatic nitrogens is 1. The monoisotopic (exact) mass is 366 g/mol. The molecule has 4 amide bonds. The van der Waals surface area contributed by atoms with Crippen LogP contribution < -0.4 is 10.6 Å². The Kier molecular flexibility index (Phi) is 3.95. The van der Waals surface area contributed by atoms with Crippen LogP contribution in [0.1, 0.15) is 21.5 Å². The van der Waals surface area contributed by atoms with Gasteiger partial charge in [0, 0.05) is 24.5 Å². The Bertz CT molecular complexity index is 976. The Morgan fingerprint density at radius 3 is 2.81 bits per heavy atom. The minimum atomic E-state index is -1.41. The first kappa shape index (κ1) is 16.9. The van der Waals surface area contributed by atoms with Crippen LogP contribution in [0.15, 0.2) is 48.8 Å². The van der Waals surface area contributed by atoms with Gasteiger partial charge in [0.2, 0.25) is 0 Å². The first-order valence-corrected chi connectivity index (χ1v) is 8.27. The first-order valence-electron chi connectivity index (χ1n) is 8.27. The van der Waals surface area contributed by atoms with E-state index in [0.717, 1.165) is 5.56 Å². The number of fused-ring (bicyclic) bond motifs is 1. The van der Waals surface area contributed by atoms with Gasteiger partial charge in [-0.1, -0.05) is 18.2 Å². The van der Waals surface area contributed by atoms with Gasteiger partial charge in [0.05, 0.1) is 6.54 Å². The highest BCUT2D eigenvalue weighted by molar-refractivity contribution is 6.09. The van der Waals surface area contributed by atoms with Gasteiger partial charge in [-0.05, 0) is 35.4 Å². The van der Waals surface area contributed by atoms with Crippen molar-refractivity contribution < 1.29 is 18.8 Å². The number of pyridine rings is 1. The molecule has 0 aliphatic carbocycles. The molecule has 0 radical (unpaired) electrons. The van der Waals surface area contributed by atoms with E-state index in [4.69, 9.17) is 0 Å². The molecule has 8 heteroatoms. The van der Waals surface area contributed by atoms with Gasteiger partial charge < -0.3 is 10.2 Å². The van der Waals surface area contributed by atoms with Gasteiger partial charge in [0.25, 0.3) is 11.8 Å². The molecule has 136 valence electrons. The average molecular weight is 366 g/mol. The molecule has 2 aliphatic heterocycles. The zero-order valence-electron chi connectivity index (χ0n) is 14.1. The number of hydrogen-bond acceptors (Lipinski definition) is 4. The fourth-order valence-electron chi connectivity index (χ4n) is 3.26. The number of nitrogens with zero attached hydrogens (tertiary/aromatic N) is 2. The number of hydrogen-bond donors (Lipinski definition) is 2. The SMILES string of the molecule is O=C1NC(=O)C(/C=C\c2cccnc2)(CN2Cc3ccc(F)cc3C2=O)N1. The molecule has 1 atom stereocenters. The van der Waals surface area contributed by atoms with E-state index < -0.39 is 23.3 Å². The van der Waals surface area contributed by atoms with Crippen molar-refractivity contribution in [2.24, 2.45) is 0 Å². The third-order valence-electron chi connectivity index (χ3n) is 4.60. The van der Waals surface area contributed by atoms with Crippen LogP contribution in [-0.4, -0.2) is 39.8 Å². The average Bonchev–Trinajstić information content (AvgIpc) is 3.11. The number of carbonyl (C=O) groups excluding carboxylic acids is 3. The molecule has 1 fully saturated rings. The van der Waals surface area contributed by atoms with Crippen LogP contribution in [-0.2, 0) is 11.3 Å². The topological polar surface area (TPSA) is 91.4 Å². The van der Waals surface area contributed by atoms with Gasteiger partial charge in [-0.3, -0.25) is 19.9 Å². The zero-order chi connectivity index (χ0) is 19.0. The molecule has 1 aromatic heterocycles. The van der Waals surface area contributed by atoms with Gasteiger partial charge in [-0.25, -0.2) is 9.18 Å². The van der Waals surface area contributed by atoms with Gasteiger partial charge in [0.15, 0.2) is 5.54 Å². The van der Waals surface area contributed by atoms with Crippen LogP contribution in [0.25, 0.3) is 6.08 Å². The summed E-state index contributed by atoms with van der Waals surface area (Å²) in [4.78, 5) is 42.3. The van der Waals surface area contributed by atoms with Gasteiger partial charge in [-0.2, -0.15) is 0 Å². The maximum absolute atomic E-state index is 13.5. The van der Waals surface area contributed by atoms with Crippen LogP contribution in [0.4, 0.5) is 9.18 Å². The lowest BCUT2D eigenvalue weighted by molar-refractivity contribution is -0.122. The minimum Gasteiger partial charge on any atom is -0.331 e. The highest BCUT2D eigenvalue weighted by Crippen LogP contribution is 2.27. The summed E-state index contributed by atoms with van der Waals surface area (Å²) in [6.07, 6.45) is 6.43. The van der Waals surface area contributed by atoms with E-state index in [1.54, 1.807) is 42.7 Å². The molecule has 1 aromatic carbocycles. The highest BCUT2D eigenvalue weighted by atomic mass is 19.1. The number of carbonyl (C=O) groups is 3. The summed E-state index contributed by atoms with van der Waals surface area (Å²) < 4.78 is 13.5. The molecule has 7 nitrogen and oxygen atoms in total. The first-order chi connectivity index (χ1) is 13.0. The Balaban J connectivity index is 1.63. The molecular formula is C19H15FN4O3. The minimum absolute atomic E-state index is 0.0729. The van der Waals surface area contributed by atoms with E-state index >= 15 is 0 Å². The van der Waals surface area contributed by atoms with Crippen LogP contribution >= 0.6 is 0 Å². The Morgan fingerprint density at radius 2 is 2.11 bits per heavy atom. The molecule has 4 rings (SSSR count). The Morgan fingerprint density at radius 1 is 1.26 bits per heavy atom. The fourth-order valence-corrected chi connectivity index (χ4v) is 3.26. The second kappa shape index (κ2) is 6.31. The van der Waals surface area contributed by atoms with Crippen LogP contribution in [0.3, 0.4) is 0 Å². The molecule has 1 unspecified atom stereocenters. The lowest BCUT2D eigenvalue weighted by Gasteiger charge is -2.28. The molecule has 1 saturated heterocycles. The molecule has 3 heterocycles. The van der Waals surface area contributed by atoms with Gasteiger partial charge in [-0.15, -0.1) is 0 Å². The van der Waals surface area contributed by atoms with E-state index in [1.165, 1.54) is 17.0 Å². The number of benzene rings is 1. The predicted octanol–water partition coefficient (Wildman–Crippen LogP) is 1.47. The number of rotatable bonds is 4. The predicted molar refractivity (Wildman–Crippen MR) is 93.8 cm³/mol. The molecule has 0 saturated carbocycles. The maximum atomic E-state index is 13.5.